The van der Waals surface area contributed by atoms with Crippen molar-refractivity contribution in [1.82, 2.24) is 0 Å². The molecule has 2 rings (SSSR count). The van der Waals surface area contributed by atoms with Crippen LogP contribution in [-0.2, 0) is 19.5 Å². The van der Waals surface area contributed by atoms with Crippen LogP contribution in [0.15, 0.2) is 24.3 Å². The van der Waals surface area contributed by atoms with E-state index in [0.717, 1.165) is 0 Å². The summed E-state index contributed by atoms with van der Waals surface area (Å²) in [6, 6.07) is 0. The van der Waals surface area contributed by atoms with E-state index in [2.05, 4.69) is 24.3 Å². The molecule has 0 radical (unpaired) electrons. The monoisotopic (exact) mass is 322 g/mol. The van der Waals surface area contributed by atoms with Crippen LogP contribution in [0, 0.1) is 0 Å². The first-order valence-electron chi connectivity index (χ1n) is 7.30. The van der Waals surface area contributed by atoms with Crippen LogP contribution in [-0.4, -0.2) is 0 Å². The zero-order chi connectivity index (χ0) is 11.3. The summed E-state index contributed by atoms with van der Waals surface area (Å²) < 4.78 is 0. The van der Waals surface area contributed by atoms with Crippen LogP contribution < -0.4 is 0 Å². The van der Waals surface area contributed by atoms with Gasteiger partial charge in [-0.15, -0.1) is 0 Å². The van der Waals surface area contributed by atoms with Gasteiger partial charge in [-0.05, 0) is 51.4 Å². The minimum atomic E-state index is 0. The summed E-state index contributed by atoms with van der Waals surface area (Å²) in [7, 11) is 0. The Bertz CT molecular complexity index is 152. The molecule has 0 saturated heterocycles. The zero-order valence-electron chi connectivity index (χ0n) is 11.1. The number of allylic oxidation sites excluding steroid dienone is 4. The Kier molecular flexibility index (Phi) is 14.3. The molecule has 0 saturated carbocycles. The number of hydrogen-bond acceptors (Lipinski definition) is 0. The predicted octanol–water partition coefficient (Wildman–Crippen LogP) is 5.79. The first-order chi connectivity index (χ1) is 8.00. The summed E-state index contributed by atoms with van der Waals surface area (Å²) in [4.78, 5) is 0. The van der Waals surface area contributed by atoms with E-state index in [9.17, 15) is 0 Å². The largest absolute Gasteiger partial charge is 0.0885 e. The maximum atomic E-state index is 2.32. The van der Waals surface area contributed by atoms with E-state index in [-0.39, 0.29) is 19.5 Å². The predicted molar refractivity (Wildman–Crippen MR) is 73.7 cm³/mol. The SMILES string of the molecule is C1=CCCCCCC1.C1=CCCCCCC1.[Ru]. The first kappa shape index (κ1) is 17.1. The first-order valence-corrected chi connectivity index (χ1v) is 7.30. The van der Waals surface area contributed by atoms with Crippen LogP contribution in [0.2, 0.25) is 0 Å². The summed E-state index contributed by atoms with van der Waals surface area (Å²) >= 11 is 0. The molecule has 0 aromatic heterocycles. The van der Waals surface area contributed by atoms with E-state index in [1.807, 2.05) is 0 Å². The fourth-order valence-electron chi connectivity index (χ4n) is 2.23. The molecule has 100 valence electrons. The summed E-state index contributed by atoms with van der Waals surface area (Å²) in [5, 5.41) is 0. The maximum absolute atomic E-state index is 2.32. The van der Waals surface area contributed by atoms with Gasteiger partial charge in [0.15, 0.2) is 0 Å². The minimum absolute atomic E-state index is 0. The Morgan fingerprint density at radius 3 is 0.824 bits per heavy atom. The zero-order valence-corrected chi connectivity index (χ0v) is 12.9. The van der Waals surface area contributed by atoms with Gasteiger partial charge in [0.1, 0.15) is 0 Å². The second kappa shape index (κ2) is 14.2. The van der Waals surface area contributed by atoms with E-state index in [1.54, 1.807) is 0 Å². The summed E-state index contributed by atoms with van der Waals surface area (Å²) in [5.41, 5.74) is 0. The van der Waals surface area contributed by atoms with Crippen LogP contribution in [0.25, 0.3) is 0 Å². The molecule has 0 atom stereocenters. The maximum Gasteiger partial charge on any atom is 0 e. The molecule has 0 aromatic carbocycles. The van der Waals surface area contributed by atoms with Gasteiger partial charge in [0.2, 0.25) is 0 Å². The summed E-state index contributed by atoms with van der Waals surface area (Å²) in [5.74, 6) is 0. The van der Waals surface area contributed by atoms with Crippen molar-refractivity contribution in [3.63, 3.8) is 0 Å². The Balaban J connectivity index is 0.000000284. The third-order valence-electron chi connectivity index (χ3n) is 3.32. The topological polar surface area (TPSA) is 0 Å². The molecule has 0 N–H and O–H groups in total. The van der Waals surface area contributed by atoms with Crippen molar-refractivity contribution >= 4 is 0 Å². The van der Waals surface area contributed by atoms with Crippen molar-refractivity contribution < 1.29 is 19.5 Å². The van der Waals surface area contributed by atoms with Crippen molar-refractivity contribution in [3.8, 4) is 0 Å². The average Bonchev–Trinajstić information content (AvgIpc) is 2.15. The normalized spacial score (nSPS) is 20.7. The van der Waals surface area contributed by atoms with E-state index in [0.29, 0.717) is 0 Å². The van der Waals surface area contributed by atoms with Gasteiger partial charge in [-0.3, -0.25) is 0 Å². The molecule has 1 heteroatoms. The molecule has 17 heavy (non-hydrogen) atoms. The molecular weight excluding hydrogens is 293 g/mol. The smallest absolute Gasteiger partial charge is 0 e. The number of rotatable bonds is 0. The van der Waals surface area contributed by atoms with Crippen molar-refractivity contribution in [2.24, 2.45) is 0 Å². The fraction of sp³-hybridized carbons (Fsp3) is 0.750. The molecule has 0 nitrogen and oxygen atoms in total. The fourth-order valence-corrected chi connectivity index (χ4v) is 2.23. The molecule has 2 aliphatic rings. The number of hydrogen-bond donors (Lipinski definition) is 0. The summed E-state index contributed by atoms with van der Waals surface area (Å²) in [6.07, 6.45) is 26.0. The Morgan fingerprint density at radius 1 is 0.353 bits per heavy atom. The Hall–Kier alpha value is 0.103. The Morgan fingerprint density at radius 2 is 0.588 bits per heavy atom. The van der Waals surface area contributed by atoms with Gasteiger partial charge in [0.25, 0.3) is 0 Å². The van der Waals surface area contributed by atoms with Gasteiger partial charge in [-0.25, -0.2) is 0 Å². The van der Waals surface area contributed by atoms with Crippen LogP contribution >= 0.6 is 0 Å². The third kappa shape index (κ3) is 12.4. The van der Waals surface area contributed by atoms with E-state index < -0.39 is 0 Å². The van der Waals surface area contributed by atoms with Crippen LogP contribution in [0.1, 0.15) is 77.0 Å². The van der Waals surface area contributed by atoms with Crippen molar-refractivity contribution in [3.05, 3.63) is 24.3 Å². The second-order valence-corrected chi connectivity index (χ2v) is 4.93. The van der Waals surface area contributed by atoms with Crippen LogP contribution in [0.3, 0.4) is 0 Å². The van der Waals surface area contributed by atoms with Crippen molar-refractivity contribution in [2.75, 3.05) is 0 Å². The molecule has 0 spiro atoms. The molecular formula is C16H28Ru. The molecule has 0 fully saturated rings. The van der Waals surface area contributed by atoms with Gasteiger partial charge in [-0.2, -0.15) is 0 Å². The van der Waals surface area contributed by atoms with Gasteiger partial charge in [0.05, 0.1) is 0 Å². The van der Waals surface area contributed by atoms with Gasteiger partial charge < -0.3 is 0 Å². The van der Waals surface area contributed by atoms with E-state index in [1.165, 1.54) is 77.0 Å². The molecule has 0 aromatic rings. The standard InChI is InChI=1S/2C8H14.Ru/c2*1-2-4-6-8-7-5-3-1;/h2*1-2H,3-8H2;. The molecule has 2 aliphatic carbocycles. The van der Waals surface area contributed by atoms with Crippen molar-refractivity contribution in [2.45, 2.75) is 77.0 Å². The molecule has 0 unspecified atom stereocenters. The molecule has 0 heterocycles. The van der Waals surface area contributed by atoms with Crippen LogP contribution in [0.5, 0.6) is 0 Å². The van der Waals surface area contributed by atoms with Crippen LogP contribution in [0.4, 0.5) is 0 Å². The second-order valence-electron chi connectivity index (χ2n) is 4.93. The van der Waals surface area contributed by atoms with Gasteiger partial charge in [-0.1, -0.05) is 50.0 Å². The third-order valence-corrected chi connectivity index (χ3v) is 3.32. The Labute approximate surface area is 121 Å². The minimum Gasteiger partial charge on any atom is -0.0885 e. The van der Waals surface area contributed by atoms with Crippen molar-refractivity contribution in [1.29, 1.82) is 0 Å². The van der Waals surface area contributed by atoms with Gasteiger partial charge in [0, 0.05) is 19.5 Å². The van der Waals surface area contributed by atoms with Gasteiger partial charge >= 0.3 is 0 Å². The van der Waals surface area contributed by atoms with E-state index >= 15 is 0 Å². The summed E-state index contributed by atoms with van der Waals surface area (Å²) in [6.45, 7) is 0. The molecule has 0 amide bonds. The molecule has 0 aliphatic heterocycles. The van der Waals surface area contributed by atoms with E-state index in [4.69, 9.17) is 0 Å². The quantitative estimate of drug-likeness (QED) is 0.391. The molecule has 0 bridgehead atoms. The average molecular weight is 321 g/mol.